The molecule has 4 nitrogen and oxygen atoms in total. The molecule has 0 radical (unpaired) electrons. The summed E-state index contributed by atoms with van der Waals surface area (Å²) in [6.07, 6.45) is -0.682. The van der Waals surface area contributed by atoms with Crippen LogP contribution in [0.4, 0.5) is 0 Å². The molecule has 1 amide bonds. The van der Waals surface area contributed by atoms with Crippen LogP contribution in [0.25, 0.3) is 0 Å². The summed E-state index contributed by atoms with van der Waals surface area (Å²) in [5.74, 6) is -0.0883. The zero-order valence-electron chi connectivity index (χ0n) is 13.7. The molecule has 0 aliphatic heterocycles. The van der Waals surface area contributed by atoms with Gasteiger partial charge in [-0.2, -0.15) is 0 Å². The highest BCUT2D eigenvalue weighted by Gasteiger charge is 2.11. The molecule has 0 aliphatic rings. The van der Waals surface area contributed by atoms with Gasteiger partial charge in [-0.25, -0.2) is 0 Å². The van der Waals surface area contributed by atoms with Crippen molar-refractivity contribution in [3.63, 3.8) is 0 Å². The Morgan fingerprint density at radius 3 is 2.43 bits per heavy atom. The van der Waals surface area contributed by atoms with Gasteiger partial charge in [-0.15, -0.1) is 0 Å². The second kappa shape index (κ2) is 8.46. The summed E-state index contributed by atoms with van der Waals surface area (Å²) in [5, 5.41) is 12.9. The molecule has 1 atom stereocenters. The number of rotatable bonds is 7. The fourth-order valence-electron chi connectivity index (χ4n) is 2.37. The number of aliphatic hydroxyl groups is 1. The van der Waals surface area contributed by atoms with Crippen molar-refractivity contribution in [1.82, 2.24) is 10.2 Å². The molecule has 23 heavy (non-hydrogen) atoms. The molecule has 2 rings (SSSR count). The molecule has 0 heterocycles. The van der Waals surface area contributed by atoms with Crippen molar-refractivity contribution < 1.29 is 9.90 Å². The summed E-state index contributed by atoms with van der Waals surface area (Å²) in [4.78, 5) is 13.9. The average Bonchev–Trinajstić information content (AvgIpc) is 2.54. The highest BCUT2D eigenvalue weighted by molar-refractivity contribution is 5.78. The second-order valence-corrected chi connectivity index (χ2v) is 5.89. The fraction of sp³-hybridized carbons (Fsp3) is 0.316. The van der Waals surface area contributed by atoms with Crippen LogP contribution in [0.15, 0.2) is 54.6 Å². The van der Waals surface area contributed by atoms with Gasteiger partial charge in [0, 0.05) is 13.1 Å². The van der Waals surface area contributed by atoms with Crippen molar-refractivity contribution in [2.45, 2.75) is 19.6 Å². The van der Waals surface area contributed by atoms with E-state index in [0.717, 1.165) is 17.7 Å². The number of likely N-dealkylation sites (N-methyl/N-ethyl adjacent to an activating group) is 1. The van der Waals surface area contributed by atoms with E-state index in [9.17, 15) is 9.90 Å². The Hall–Kier alpha value is -2.17. The normalized spacial score (nSPS) is 12.2. The quantitative estimate of drug-likeness (QED) is 0.825. The van der Waals surface area contributed by atoms with Crippen molar-refractivity contribution in [2.75, 3.05) is 20.1 Å². The Morgan fingerprint density at radius 1 is 1.13 bits per heavy atom. The van der Waals surface area contributed by atoms with Crippen molar-refractivity contribution >= 4 is 5.91 Å². The van der Waals surface area contributed by atoms with Crippen LogP contribution in [-0.2, 0) is 11.3 Å². The van der Waals surface area contributed by atoms with Crippen LogP contribution in [0.3, 0.4) is 0 Å². The number of carbonyl (C=O) groups excluding carboxylic acids is 1. The second-order valence-electron chi connectivity index (χ2n) is 5.89. The van der Waals surface area contributed by atoms with E-state index in [1.807, 2.05) is 73.5 Å². The van der Waals surface area contributed by atoms with E-state index in [1.54, 1.807) is 0 Å². The molecule has 0 aliphatic carbocycles. The molecular formula is C19H24N2O2. The number of nitrogens with zero attached hydrogens (tertiary/aromatic N) is 1. The highest BCUT2D eigenvalue weighted by Crippen LogP contribution is 2.12. The molecule has 0 bridgehead atoms. The maximum Gasteiger partial charge on any atom is 0.234 e. The van der Waals surface area contributed by atoms with Gasteiger partial charge in [0.15, 0.2) is 0 Å². The van der Waals surface area contributed by atoms with E-state index in [4.69, 9.17) is 0 Å². The standard InChI is InChI=1S/C19H24N2O2/c1-15-8-10-17(11-9-15)18(22)12-20-19(23)14-21(2)13-16-6-4-3-5-7-16/h3-11,18,22H,12-14H2,1-2H3,(H,20,23)/t18-/m0/s1. The minimum atomic E-state index is -0.682. The SMILES string of the molecule is Cc1ccc([C@@H](O)CNC(=O)CN(C)Cc2ccccc2)cc1. The number of aliphatic hydroxyl groups excluding tert-OH is 1. The minimum Gasteiger partial charge on any atom is -0.387 e. The lowest BCUT2D eigenvalue weighted by Gasteiger charge is -2.17. The molecule has 2 N–H and O–H groups in total. The van der Waals surface area contributed by atoms with E-state index in [1.165, 1.54) is 5.56 Å². The summed E-state index contributed by atoms with van der Waals surface area (Å²) >= 11 is 0. The number of carbonyl (C=O) groups is 1. The first kappa shape index (κ1) is 17.2. The summed E-state index contributed by atoms with van der Waals surface area (Å²) in [7, 11) is 1.91. The van der Waals surface area contributed by atoms with Gasteiger partial charge in [0.05, 0.1) is 12.6 Å². The third kappa shape index (κ3) is 5.85. The molecule has 0 aromatic heterocycles. The highest BCUT2D eigenvalue weighted by atomic mass is 16.3. The van der Waals surface area contributed by atoms with Crippen LogP contribution >= 0.6 is 0 Å². The third-order valence-electron chi connectivity index (χ3n) is 3.66. The maximum atomic E-state index is 12.0. The zero-order chi connectivity index (χ0) is 16.7. The number of aryl methyl sites for hydroxylation is 1. The van der Waals surface area contributed by atoms with Gasteiger partial charge in [-0.1, -0.05) is 60.2 Å². The largest absolute Gasteiger partial charge is 0.387 e. The molecule has 0 saturated heterocycles. The Kier molecular flexibility index (Phi) is 6.32. The first-order chi connectivity index (χ1) is 11.0. The number of hydrogen-bond donors (Lipinski definition) is 2. The van der Waals surface area contributed by atoms with Crippen molar-refractivity contribution in [3.8, 4) is 0 Å². The van der Waals surface area contributed by atoms with Crippen molar-refractivity contribution in [3.05, 3.63) is 71.3 Å². The minimum absolute atomic E-state index is 0.0883. The van der Waals surface area contributed by atoms with Gasteiger partial charge in [0.2, 0.25) is 5.91 Å². The van der Waals surface area contributed by atoms with Gasteiger partial charge in [0.25, 0.3) is 0 Å². The van der Waals surface area contributed by atoms with E-state index in [2.05, 4.69) is 5.32 Å². The van der Waals surface area contributed by atoms with E-state index >= 15 is 0 Å². The van der Waals surface area contributed by atoms with Crippen LogP contribution in [0.2, 0.25) is 0 Å². The molecular weight excluding hydrogens is 288 g/mol. The fourth-order valence-corrected chi connectivity index (χ4v) is 2.37. The number of nitrogens with one attached hydrogen (secondary N) is 1. The molecule has 2 aromatic carbocycles. The van der Waals surface area contributed by atoms with Crippen LogP contribution in [0.1, 0.15) is 22.8 Å². The van der Waals surface area contributed by atoms with E-state index in [-0.39, 0.29) is 12.5 Å². The van der Waals surface area contributed by atoms with Gasteiger partial charge >= 0.3 is 0 Å². The average molecular weight is 312 g/mol. The van der Waals surface area contributed by atoms with E-state index < -0.39 is 6.10 Å². The summed E-state index contributed by atoms with van der Waals surface area (Å²) in [6, 6.07) is 17.7. The molecule has 122 valence electrons. The molecule has 0 spiro atoms. The van der Waals surface area contributed by atoms with E-state index in [0.29, 0.717) is 6.54 Å². The van der Waals surface area contributed by atoms with Crippen LogP contribution in [0.5, 0.6) is 0 Å². The lowest BCUT2D eigenvalue weighted by Crippen LogP contribution is -2.36. The first-order valence-corrected chi connectivity index (χ1v) is 7.78. The topological polar surface area (TPSA) is 52.6 Å². The lowest BCUT2D eigenvalue weighted by molar-refractivity contribution is -0.122. The third-order valence-corrected chi connectivity index (χ3v) is 3.66. The number of amides is 1. The predicted molar refractivity (Wildman–Crippen MR) is 91.9 cm³/mol. The molecule has 0 fully saturated rings. The Bertz CT molecular complexity index is 611. The van der Waals surface area contributed by atoms with Gasteiger partial charge in [0.1, 0.15) is 0 Å². The molecule has 4 heteroatoms. The van der Waals surface area contributed by atoms with Crippen LogP contribution < -0.4 is 5.32 Å². The molecule has 0 saturated carbocycles. The Balaban J connectivity index is 1.75. The maximum absolute atomic E-state index is 12.0. The van der Waals surface area contributed by atoms with Crippen molar-refractivity contribution in [2.24, 2.45) is 0 Å². The Labute approximate surface area is 137 Å². The lowest BCUT2D eigenvalue weighted by atomic mass is 10.1. The zero-order valence-corrected chi connectivity index (χ0v) is 13.7. The van der Waals surface area contributed by atoms with Gasteiger partial charge < -0.3 is 10.4 Å². The monoisotopic (exact) mass is 312 g/mol. The van der Waals surface area contributed by atoms with Crippen LogP contribution in [0, 0.1) is 6.92 Å². The summed E-state index contributed by atoms with van der Waals surface area (Å²) in [5.41, 5.74) is 3.13. The molecule has 0 unspecified atom stereocenters. The van der Waals surface area contributed by atoms with Crippen LogP contribution in [-0.4, -0.2) is 36.1 Å². The predicted octanol–water partition coefficient (Wildman–Crippen LogP) is 2.28. The number of hydrogen-bond acceptors (Lipinski definition) is 3. The smallest absolute Gasteiger partial charge is 0.234 e. The summed E-state index contributed by atoms with van der Waals surface area (Å²) in [6.45, 7) is 3.24. The Morgan fingerprint density at radius 2 is 1.78 bits per heavy atom. The first-order valence-electron chi connectivity index (χ1n) is 7.78. The van der Waals surface area contributed by atoms with Gasteiger partial charge in [-0.05, 0) is 25.1 Å². The molecule has 2 aromatic rings. The summed E-state index contributed by atoms with van der Waals surface area (Å²) < 4.78 is 0. The number of benzene rings is 2. The van der Waals surface area contributed by atoms with Gasteiger partial charge in [-0.3, -0.25) is 9.69 Å². The van der Waals surface area contributed by atoms with Crippen molar-refractivity contribution in [1.29, 1.82) is 0 Å².